The van der Waals surface area contributed by atoms with E-state index in [9.17, 15) is 9.59 Å². The summed E-state index contributed by atoms with van der Waals surface area (Å²) in [7, 11) is 0. The lowest BCUT2D eigenvalue weighted by molar-refractivity contribution is -0.161. The molecule has 0 fully saturated rings. The summed E-state index contributed by atoms with van der Waals surface area (Å²) in [6, 6.07) is -2.29. The largest absolute Gasteiger partial charge is 0.394 e. The maximum Gasteiger partial charge on any atom is 0.332 e. The van der Waals surface area contributed by atoms with Crippen LogP contribution in [0.4, 0.5) is 0 Å². The number of carbonyl (C=O) groups is 2. The Morgan fingerprint density at radius 1 is 1.29 bits per heavy atom. The average molecular weight is 247 g/mol. The SMILES string of the molecule is Cl.N[C@@H](CO)C(=O)OC(=O)[C@@H](N)CCl. The summed E-state index contributed by atoms with van der Waals surface area (Å²) < 4.78 is 4.18. The summed E-state index contributed by atoms with van der Waals surface area (Å²) in [5, 5.41) is 8.42. The molecule has 8 heteroatoms. The third kappa shape index (κ3) is 5.36. The number of rotatable bonds is 4. The van der Waals surface area contributed by atoms with Crippen LogP contribution in [0.5, 0.6) is 0 Å². The van der Waals surface area contributed by atoms with E-state index in [-0.39, 0.29) is 18.3 Å². The quantitative estimate of drug-likeness (QED) is 0.312. The van der Waals surface area contributed by atoms with E-state index in [1.165, 1.54) is 0 Å². The summed E-state index contributed by atoms with van der Waals surface area (Å²) >= 11 is 5.23. The fourth-order valence-electron chi connectivity index (χ4n) is 0.388. The van der Waals surface area contributed by atoms with Crippen LogP contribution in [0.2, 0.25) is 0 Å². The Labute approximate surface area is 91.9 Å². The Morgan fingerprint density at radius 3 is 2.07 bits per heavy atom. The van der Waals surface area contributed by atoms with E-state index in [1.54, 1.807) is 0 Å². The molecule has 0 aliphatic carbocycles. The summed E-state index contributed by atoms with van der Waals surface area (Å²) in [6.45, 7) is -0.595. The zero-order valence-corrected chi connectivity index (χ0v) is 8.75. The van der Waals surface area contributed by atoms with Crippen molar-refractivity contribution in [2.45, 2.75) is 12.1 Å². The molecule has 0 aromatic carbocycles. The highest BCUT2D eigenvalue weighted by molar-refractivity contribution is 6.19. The molecule has 0 spiro atoms. The van der Waals surface area contributed by atoms with Gasteiger partial charge in [-0.25, -0.2) is 9.59 Å². The van der Waals surface area contributed by atoms with Crippen LogP contribution in [0.3, 0.4) is 0 Å². The van der Waals surface area contributed by atoms with Gasteiger partial charge in [0.2, 0.25) is 0 Å². The average Bonchev–Trinajstić information content (AvgIpc) is 2.14. The lowest BCUT2D eigenvalue weighted by atomic mass is 10.3. The Kier molecular flexibility index (Phi) is 9.12. The van der Waals surface area contributed by atoms with Crippen LogP contribution in [-0.2, 0) is 14.3 Å². The van der Waals surface area contributed by atoms with Gasteiger partial charge in [-0.2, -0.15) is 0 Å². The van der Waals surface area contributed by atoms with Crippen molar-refractivity contribution >= 4 is 35.9 Å². The maximum absolute atomic E-state index is 10.8. The Balaban J connectivity index is 0. The van der Waals surface area contributed by atoms with E-state index in [4.69, 9.17) is 28.2 Å². The normalized spacial score (nSPS) is 13.7. The van der Waals surface area contributed by atoms with Crippen molar-refractivity contribution in [3.63, 3.8) is 0 Å². The molecule has 0 aromatic heterocycles. The second kappa shape index (κ2) is 7.95. The highest BCUT2D eigenvalue weighted by Crippen LogP contribution is 1.92. The first-order valence-corrected chi connectivity index (χ1v) is 4.00. The highest BCUT2D eigenvalue weighted by Gasteiger charge is 2.21. The van der Waals surface area contributed by atoms with Crippen LogP contribution in [0.1, 0.15) is 0 Å². The van der Waals surface area contributed by atoms with Crippen molar-refractivity contribution in [2.24, 2.45) is 11.5 Å². The number of aliphatic hydroxyl groups is 1. The third-order valence-electron chi connectivity index (χ3n) is 1.17. The van der Waals surface area contributed by atoms with E-state index in [0.717, 1.165) is 0 Å². The third-order valence-corrected chi connectivity index (χ3v) is 1.50. The van der Waals surface area contributed by atoms with Gasteiger partial charge in [0.05, 0.1) is 6.61 Å². The molecule has 0 aliphatic rings. The molecular formula is C6H12Cl2N2O4. The molecule has 0 aliphatic heterocycles. The minimum Gasteiger partial charge on any atom is -0.394 e. The molecule has 6 nitrogen and oxygen atoms in total. The van der Waals surface area contributed by atoms with Crippen molar-refractivity contribution in [1.82, 2.24) is 0 Å². The zero-order valence-electron chi connectivity index (χ0n) is 7.18. The minimum atomic E-state index is -1.23. The fourth-order valence-corrected chi connectivity index (χ4v) is 0.514. The molecule has 0 heterocycles. The van der Waals surface area contributed by atoms with Crippen LogP contribution >= 0.6 is 24.0 Å². The van der Waals surface area contributed by atoms with E-state index in [0.29, 0.717) is 0 Å². The van der Waals surface area contributed by atoms with Gasteiger partial charge >= 0.3 is 11.9 Å². The second-order valence-corrected chi connectivity index (χ2v) is 2.60. The van der Waals surface area contributed by atoms with Crippen molar-refractivity contribution in [3.05, 3.63) is 0 Å². The maximum atomic E-state index is 10.8. The summed E-state index contributed by atoms with van der Waals surface area (Å²) in [6.07, 6.45) is 0. The van der Waals surface area contributed by atoms with Gasteiger partial charge in [-0.3, -0.25) is 0 Å². The molecule has 0 aromatic rings. The monoisotopic (exact) mass is 246 g/mol. The number of alkyl halides is 1. The minimum absolute atomic E-state index is 0. The van der Waals surface area contributed by atoms with E-state index >= 15 is 0 Å². The molecule has 0 amide bonds. The first-order valence-electron chi connectivity index (χ1n) is 3.46. The predicted octanol–water partition coefficient (Wildman–Crippen LogP) is -1.64. The Morgan fingerprint density at radius 2 is 1.71 bits per heavy atom. The molecular weight excluding hydrogens is 235 g/mol. The number of carbonyl (C=O) groups excluding carboxylic acids is 2. The number of ether oxygens (including phenoxy) is 1. The van der Waals surface area contributed by atoms with Crippen molar-refractivity contribution < 1.29 is 19.4 Å². The Hall–Kier alpha value is -0.400. The fraction of sp³-hybridized carbons (Fsp3) is 0.667. The number of hydrogen-bond acceptors (Lipinski definition) is 6. The second-order valence-electron chi connectivity index (χ2n) is 2.29. The molecule has 0 radical (unpaired) electrons. The summed E-state index contributed by atoms with van der Waals surface area (Å²) in [4.78, 5) is 21.6. The van der Waals surface area contributed by atoms with Crippen LogP contribution in [0, 0.1) is 0 Å². The van der Waals surface area contributed by atoms with E-state index < -0.39 is 30.6 Å². The van der Waals surface area contributed by atoms with Crippen LogP contribution in [-0.4, -0.2) is 41.6 Å². The molecule has 14 heavy (non-hydrogen) atoms. The van der Waals surface area contributed by atoms with Gasteiger partial charge in [0.15, 0.2) is 0 Å². The van der Waals surface area contributed by atoms with Gasteiger partial charge < -0.3 is 21.3 Å². The molecule has 0 bridgehead atoms. The highest BCUT2D eigenvalue weighted by atomic mass is 35.5. The molecule has 0 saturated carbocycles. The predicted molar refractivity (Wildman–Crippen MR) is 52.1 cm³/mol. The lowest BCUT2D eigenvalue weighted by Gasteiger charge is -2.09. The van der Waals surface area contributed by atoms with Crippen molar-refractivity contribution in [2.75, 3.05) is 12.5 Å². The van der Waals surface area contributed by atoms with Crippen molar-refractivity contribution in [1.29, 1.82) is 0 Å². The van der Waals surface area contributed by atoms with E-state index in [1.807, 2.05) is 0 Å². The van der Waals surface area contributed by atoms with Gasteiger partial charge in [-0.05, 0) is 0 Å². The van der Waals surface area contributed by atoms with Crippen LogP contribution < -0.4 is 11.5 Å². The smallest absolute Gasteiger partial charge is 0.332 e. The van der Waals surface area contributed by atoms with Gasteiger partial charge in [0, 0.05) is 5.88 Å². The molecule has 0 saturated heterocycles. The lowest BCUT2D eigenvalue weighted by Crippen LogP contribution is -2.41. The number of esters is 2. The molecule has 2 atom stereocenters. The van der Waals surface area contributed by atoms with Crippen molar-refractivity contribution in [3.8, 4) is 0 Å². The number of nitrogens with two attached hydrogens (primary N) is 2. The van der Waals surface area contributed by atoms with Gasteiger partial charge in [-0.1, -0.05) is 0 Å². The summed E-state index contributed by atoms with van der Waals surface area (Å²) in [5.74, 6) is -2.13. The van der Waals surface area contributed by atoms with E-state index in [2.05, 4.69) is 4.74 Å². The standard InChI is InChI=1S/C6H11ClN2O4.ClH/c7-1-3(8)5(11)13-6(12)4(9)2-10;/h3-4,10H,1-2,8-9H2;1H/t3-,4-;/m0./s1. The zero-order chi connectivity index (χ0) is 10.4. The number of aliphatic hydroxyl groups excluding tert-OH is 1. The number of hydrogen-bond donors (Lipinski definition) is 3. The van der Waals surface area contributed by atoms with Crippen LogP contribution in [0.25, 0.3) is 0 Å². The van der Waals surface area contributed by atoms with Gasteiger partial charge in [0.1, 0.15) is 12.1 Å². The van der Waals surface area contributed by atoms with Gasteiger partial charge in [-0.15, -0.1) is 24.0 Å². The molecule has 0 unspecified atom stereocenters. The molecule has 5 N–H and O–H groups in total. The summed E-state index contributed by atoms with van der Waals surface area (Å²) in [5.41, 5.74) is 10.2. The first-order chi connectivity index (χ1) is 6.02. The molecule has 84 valence electrons. The topological polar surface area (TPSA) is 116 Å². The van der Waals surface area contributed by atoms with Crippen LogP contribution in [0.15, 0.2) is 0 Å². The molecule has 0 rings (SSSR count). The van der Waals surface area contributed by atoms with Gasteiger partial charge in [0.25, 0.3) is 0 Å². The number of halogens is 2. The first kappa shape index (κ1) is 16.0. The Bertz CT molecular complexity index is 182.